The van der Waals surface area contributed by atoms with E-state index in [4.69, 9.17) is 4.99 Å². The number of hydrogen-bond acceptors (Lipinski definition) is 3. The van der Waals surface area contributed by atoms with Gasteiger partial charge in [-0.1, -0.05) is 129 Å². The largest absolute Gasteiger partial charge is 0.342 e. The van der Waals surface area contributed by atoms with E-state index < -0.39 is 20.0 Å². The van der Waals surface area contributed by atoms with Crippen molar-refractivity contribution in [3.05, 3.63) is 126 Å². The lowest BCUT2D eigenvalue weighted by atomic mass is 10.0. The van der Waals surface area contributed by atoms with Gasteiger partial charge in [-0.2, -0.15) is 0 Å². The van der Waals surface area contributed by atoms with E-state index >= 15 is 0 Å². The fraction of sp³-hybridized carbons (Fsp3) is 0.270. The van der Waals surface area contributed by atoms with Gasteiger partial charge in [0.1, 0.15) is 12.1 Å². The highest BCUT2D eigenvalue weighted by Crippen LogP contribution is 2.33. The zero-order valence-corrected chi connectivity index (χ0v) is 26.5. The van der Waals surface area contributed by atoms with E-state index in [9.17, 15) is 9.59 Å². The second-order valence-electron chi connectivity index (χ2n) is 10.8. The van der Waals surface area contributed by atoms with E-state index in [1.165, 1.54) is 15.9 Å². The molecule has 222 valence electrons. The first-order valence-electron chi connectivity index (χ1n) is 15.1. The van der Waals surface area contributed by atoms with E-state index in [0.29, 0.717) is 19.5 Å². The number of rotatable bonds is 13. The second-order valence-corrected chi connectivity index (χ2v) is 13.0. The van der Waals surface area contributed by atoms with Crippen LogP contribution in [0.5, 0.6) is 0 Å². The minimum Gasteiger partial charge on any atom is -0.342 e. The van der Waals surface area contributed by atoms with Crippen LogP contribution in [-0.2, 0) is 16.0 Å². The molecule has 0 unspecified atom stereocenters. The van der Waals surface area contributed by atoms with Gasteiger partial charge in [0.2, 0.25) is 11.8 Å². The molecule has 5 nitrogen and oxygen atoms in total. The van der Waals surface area contributed by atoms with E-state index in [-0.39, 0.29) is 17.7 Å². The summed E-state index contributed by atoms with van der Waals surface area (Å²) in [5.41, 5.74) is 1.99. The molecule has 0 aliphatic carbocycles. The van der Waals surface area contributed by atoms with Gasteiger partial charge in [0.05, 0.1) is 0 Å². The number of benzene rings is 4. The van der Waals surface area contributed by atoms with Crippen LogP contribution in [0, 0.1) is 5.92 Å². The molecule has 4 rings (SSSR count). The molecule has 0 fully saturated rings. The van der Waals surface area contributed by atoms with Gasteiger partial charge in [-0.15, -0.1) is 0 Å². The quantitative estimate of drug-likeness (QED) is 0.165. The van der Waals surface area contributed by atoms with Gasteiger partial charge in [0, 0.05) is 31.3 Å². The fourth-order valence-corrected chi connectivity index (χ4v) is 7.57. The zero-order chi connectivity index (χ0) is 30.6. The summed E-state index contributed by atoms with van der Waals surface area (Å²) in [6.45, 7) is 9.08. The number of likely N-dealkylation sites (N-methyl/N-ethyl adjacent to an activating group) is 1. The fourth-order valence-electron chi connectivity index (χ4n) is 5.15. The standard InChI is InChI=1S/C37H42N3O2P/c1-5-40(6-2)37(42)33(26-29-18-10-7-11-19-29)39-36(41)35(28(3)4)38-27-30-20-16-17-25-34(30)43(31-21-12-8-13-22-31)32-23-14-9-15-24-32/h7-25,27-28,33,35H,5-6,26H2,1-4H3,(H,39,41)/t33-,35-/m0/s1. The van der Waals surface area contributed by atoms with E-state index in [1.54, 1.807) is 4.90 Å². The lowest BCUT2D eigenvalue weighted by Gasteiger charge is -2.27. The van der Waals surface area contributed by atoms with E-state index in [2.05, 4.69) is 72.0 Å². The number of amides is 2. The second kappa shape index (κ2) is 16.0. The summed E-state index contributed by atoms with van der Waals surface area (Å²) in [6, 6.07) is 37.9. The number of carbonyl (C=O) groups excluding carboxylic acids is 2. The van der Waals surface area contributed by atoms with Crippen LogP contribution >= 0.6 is 7.92 Å². The number of hydrogen-bond donors (Lipinski definition) is 1. The summed E-state index contributed by atoms with van der Waals surface area (Å²) in [4.78, 5) is 33.9. The molecule has 0 radical (unpaired) electrons. The monoisotopic (exact) mass is 591 g/mol. The summed E-state index contributed by atoms with van der Waals surface area (Å²) in [7, 11) is -0.833. The Balaban J connectivity index is 1.64. The topological polar surface area (TPSA) is 61.8 Å². The summed E-state index contributed by atoms with van der Waals surface area (Å²) < 4.78 is 0. The first kappa shape index (κ1) is 31.8. The molecule has 0 bridgehead atoms. The van der Waals surface area contributed by atoms with Gasteiger partial charge < -0.3 is 10.2 Å². The van der Waals surface area contributed by atoms with Crippen molar-refractivity contribution in [3.8, 4) is 0 Å². The lowest BCUT2D eigenvalue weighted by Crippen LogP contribution is -2.52. The molecule has 43 heavy (non-hydrogen) atoms. The van der Waals surface area contributed by atoms with Crippen molar-refractivity contribution in [2.75, 3.05) is 13.1 Å². The maximum Gasteiger partial charge on any atom is 0.245 e. The molecular weight excluding hydrogens is 549 g/mol. The van der Waals surface area contributed by atoms with Gasteiger partial charge in [-0.3, -0.25) is 14.6 Å². The molecule has 4 aromatic rings. The molecule has 4 aromatic carbocycles. The van der Waals surface area contributed by atoms with Gasteiger partial charge >= 0.3 is 0 Å². The van der Waals surface area contributed by atoms with Crippen molar-refractivity contribution in [2.24, 2.45) is 10.9 Å². The van der Waals surface area contributed by atoms with E-state index in [0.717, 1.165) is 11.1 Å². The van der Waals surface area contributed by atoms with Gasteiger partial charge in [0.15, 0.2) is 0 Å². The molecule has 0 spiro atoms. The maximum atomic E-state index is 13.8. The highest BCUT2D eigenvalue weighted by molar-refractivity contribution is 7.80. The predicted octanol–water partition coefficient (Wildman–Crippen LogP) is 5.48. The van der Waals surface area contributed by atoms with Crippen molar-refractivity contribution in [3.63, 3.8) is 0 Å². The third-order valence-electron chi connectivity index (χ3n) is 7.45. The molecule has 0 saturated heterocycles. The number of nitrogens with one attached hydrogen (secondary N) is 1. The van der Waals surface area contributed by atoms with Crippen molar-refractivity contribution in [2.45, 2.75) is 46.2 Å². The molecule has 0 heterocycles. The predicted molar refractivity (Wildman–Crippen MR) is 181 cm³/mol. The number of nitrogens with zero attached hydrogens (tertiary/aromatic N) is 2. The van der Waals surface area contributed by atoms with E-state index in [1.807, 2.05) is 82.4 Å². The van der Waals surface area contributed by atoms with Crippen molar-refractivity contribution in [1.29, 1.82) is 0 Å². The van der Waals surface area contributed by atoms with Crippen LogP contribution in [0.1, 0.15) is 38.8 Å². The van der Waals surface area contributed by atoms with Crippen LogP contribution < -0.4 is 21.2 Å². The Morgan fingerprint density at radius 1 is 0.767 bits per heavy atom. The Bertz CT molecular complexity index is 1430. The van der Waals surface area contributed by atoms with Gasteiger partial charge in [-0.05, 0) is 49.2 Å². The average molecular weight is 592 g/mol. The minimum atomic E-state index is -0.833. The molecular formula is C37H42N3O2P. The van der Waals surface area contributed by atoms with Gasteiger partial charge in [-0.25, -0.2) is 0 Å². The van der Waals surface area contributed by atoms with Crippen LogP contribution in [-0.4, -0.2) is 48.1 Å². The SMILES string of the molecule is CCN(CC)C(=O)[C@H](Cc1ccccc1)NC(=O)[C@@H](N=Cc1ccccc1P(c1ccccc1)c1ccccc1)C(C)C. The van der Waals surface area contributed by atoms with Crippen molar-refractivity contribution < 1.29 is 9.59 Å². The van der Waals surface area contributed by atoms with Crippen LogP contribution in [0.4, 0.5) is 0 Å². The maximum absolute atomic E-state index is 13.8. The Morgan fingerprint density at radius 2 is 1.28 bits per heavy atom. The van der Waals surface area contributed by atoms with Gasteiger partial charge in [0.25, 0.3) is 0 Å². The molecule has 0 saturated carbocycles. The number of aliphatic imine (C=N–C) groups is 1. The highest BCUT2D eigenvalue weighted by atomic mass is 31.1. The summed E-state index contributed by atoms with van der Waals surface area (Å²) in [5.74, 6) is -0.372. The Morgan fingerprint density at radius 3 is 1.81 bits per heavy atom. The highest BCUT2D eigenvalue weighted by Gasteiger charge is 2.29. The summed E-state index contributed by atoms with van der Waals surface area (Å²) in [6.07, 6.45) is 2.27. The molecule has 0 aliphatic rings. The molecule has 2 atom stereocenters. The Labute approximate surface area is 257 Å². The minimum absolute atomic E-state index is 0.0610. The number of carbonyl (C=O) groups is 2. The zero-order valence-electron chi connectivity index (χ0n) is 25.6. The molecule has 6 heteroatoms. The lowest BCUT2D eigenvalue weighted by molar-refractivity contribution is -0.136. The molecule has 2 amide bonds. The molecule has 0 aromatic heterocycles. The van der Waals surface area contributed by atoms with Crippen LogP contribution in [0.25, 0.3) is 0 Å². The van der Waals surface area contributed by atoms with Crippen molar-refractivity contribution in [1.82, 2.24) is 10.2 Å². The Kier molecular flexibility index (Phi) is 11.8. The average Bonchev–Trinajstić information content (AvgIpc) is 3.03. The Hall–Kier alpha value is -4.08. The first-order valence-corrected chi connectivity index (χ1v) is 16.4. The molecule has 0 aliphatic heterocycles. The van der Waals surface area contributed by atoms with Crippen molar-refractivity contribution >= 4 is 41.9 Å². The third kappa shape index (κ3) is 8.49. The third-order valence-corrected chi connectivity index (χ3v) is 9.97. The first-order chi connectivity index (χ1) is 20.9. The normalized spacial score (nSPS) is 12.8. The summed E-state index contributed by atoms with van der Waals surface area (Å²) >= 11 is 0. The van der Waals surface area contributed by atoms with Crippen LogP contribution in [0.2, 0.25) is 0 Å². The molecule has 1 N–H and O–H groups in total. The van der Waals surface area contributed by atoms with Crippen LogP contribution in [0.15, 0.2) is 120 Å². The smallest absolute Gasteiger partial charge is 0.245 e. The summed E-state index contributed by atoms with van der Waals surface area (Å²) in [5, 5.41) is 6.76. The van der Waals surface area contributed by atoms with Crippen LogP contribution in [0.3, 0.4) is 0 Å².